The summed E-state index contributed by atoms with van der Waals surface area (Å²) < 4.78 is 5.71. The smallest absolute Gasteiger partial charge is 0.193 e. The van der Waals surface area contributed by atoms with Crippen LogP contribution in [0, 0.1) is 12.8 Å². The number of thiazole rings is 1. The molecule has 0 radical (unpaired) electrons. The molecule has 24 heavy (non-hydrogen) atoms. The molecule has 7 heteroatoms. The van der Waals surface area contributed by atoms with Gasteiger partial charge in [0.1, 0.15) is 0 Å². The number of nitrogens with zero attached hydrogens (tertiary/aromatic N) is 3. The monoisotopic (exact) mass is 466 g/mol. The molecule has 138 valence electrons. The van der Waals surface area contributed by atoms with E-state index in [4.69, 9.17) is 9.73 Å². The van der Waals surface area contributed by atoms with Crippen LogP contribution in [0.2, 0.25) is 0 Å². The normalized spacial score (nSPS) is 14.4. The maximum atomic E-state index is 5.71. The molecule has 5 nitrogen and oxygen atoms in total. The highest BCUT2D eigenvalue weighted by atomic mass is 127. The lowest BCUT2D eigenvalue weighted by Gasteiger charge is -2.22. The quantitative estimate of drug-likeness (QED) is 0.249. The van der Waals surface area contributed by atoms with Gasteiger partial charge >= 0.3 is 0 Å². The molecule has 1 aliphatic rings. The van der Waals surface area contributed by atoms with Crippen molar-refractivity contribution < 1.29 is 4.74 Å². The first kappa shape index (κ1) is 21.6. The molecule has 1 aromatic rings. The van der Waals surface area contributed by atoms with Crippen LogP contribution in [-0.4, -0.2) is 55.7 Å². The van der Waals surface area contributed by atoms with Crippen molar-refractivity contribution in [3.05, 3.63) is 16.1 Å². The van der Waals surface area contributed by atoms with Crippen LogP contribution in [0.3, 0.4) is 0 Å². The maximum Gasteiger partial charge on any atom is 0.193 e. The number of aromatic nitrogens is 1. The second kappa shape index (κ2) is 12.0. The number of hydrogen-bond acceptors (Lipinski definition) is 4. The number of hydrogen-bond donors (Lipinski definition) is 1. The van der Waals surface area contributed by atoms with Crippen molar-refractivity contribution in [1.82, 2.24) is 15.2 Å². The maximum absolute atomic E-state index is 5.71. The van der Waals surface area contributed by atoms with Crippen LogP contribution in [-0.2, 0) is 11.2 Å². The van der Waals surface area contributed by atoms with Crippen LogP contribution < -0.4 is 5.32 Å². The molecule has 0 bridgehead atoms. The molecule has 0 aliphatic heterocycles. The Morgan fingerprint density at radius 3 is 2.92 bits per heavy atom. The number of aryl methyl sites for hydroxylation is 2. The van der Waals surface area contributed by atoms with E-state index in [2.05, 4.69) is 34.6 Å². The molecule has 0 atom stereocenters. The average Bonchev–Trinajstić information content (AvgIpc) is 3.27. The van der Waals surface area contributed by atoms with Crippen molar-refractivity contribution in [2.24, 2.45) is 10.9 Å². The minimum absolute atomic E-state index is 0. The van der Waals surface area contributed by atoms with Crippen LogP contribution >= 0.6 is 35.3 Å². The summed E-state index contributed by atoms with van der Waals surface area (Å²) >= 11 is 1.74. The van der Waals surface area contributed by atoms with E-state index in [1.807, 2.05) is 6.92 Å². The Morgan fingerprint density at radius 2 is 2.29 bits per heavy atom. The average molecular weight is 466 g/mol. The molecular weight excluding hydrogens is 435 g/mol. The Balaban J connectivity index is 0.00000288. The van der Waals surface area contributed by atoms with Crippen molar-refractivity contribution in [3.8, 4) is 0 Å². The summed E-state index contributed by atoms with van der Waals surface area (Å²) in [5.74, 6) is 1.80. The Bertz CT molecular complexity index is 491. The zero-order valence-corrected chi connectivity index (χ0v) is 18.2. The van der Waals surface area contributed by atoms with Gasteiger partial charge in [0.2, 0.25) is 0 Å². The largest absolute Gasteiger partial charge is 0.379 e. The van der Waals surface area contributed by atoms with Gasteiger partial charge in [-0.3, -0.25) is 4.99 Å². The second-order valence-electron chi connectivity index (χ2n) is 6.16. The third kappa shape index (κ3) is 8.62. The molecule has 0 amide bonds. The van der Waals surface area contributed by atoms with Crippen molar-refractivity contribution in [2.45, 2.75) is 39.5 Å². The number of aliphatic imine (C=N–C) groups is 1. The van der Waals surface area contributed by atoms with Gasteiger partial charge in [-0.05, 0) is 39.0 Å². The lowest BCUT2D eigenvalue weighted by molar-refractivity contribution is 0.115. The van der Waals surface area contributed by atoms with Crippen LogP contribution in [0.25, 0.3) is 0 Å². The Hall–Kier alpha value is -0.410. The summed E-state index contributed by atoms with van der Waals surface area (Å²) in [6.45, 7) is 8.44. The van der Waals surface area contributed by atoms with Crippen molar-refractivity contribution in [3.63, 3.8) is 0 Å². The molecule has 0 spiro atoms. The van der Waals surface area contributed by atoms with Gasteiger partial charge in [-0.15, -0.1) is 35.3 Å². The summed E-state index contributed by atoms with van der Waals surface area (Å²) in [5.41, 5.74) is 1.12. The topological polar surface area (TPSA) is 49.8 Å². The fourth-order valence-corrected chi connectivity index (χ4v) is 3.06. The molecule has 1 aromatic heterocycles. The van der Waals surface area contributed by atoms with Gasteiger partial charge in [-0.25, -0.2) is 4.98 Å². The number of ether oxygens (including phenoxy) is 1. The number of halogens is 1. The number of rotatable bonds is 10. The third-order valence-corrected chi connectivity index (χ3v) is 4.82. The van der Waals surface area contributed by atoms with Crippen molar-refractivity contribution in [1.29, 1.82) is 0 Å². The van der Waals surface area contributed by atoms with E-state index in [0.29, 0.717) is 0 Å². The molecule has 0 saturated heterocycles. The zero-order chi connectivity index (χ0) is 16.5. The Morgan fingerprint density at radius 1 is 1.50 bits per heavy atom. The summed E-state index contributed by atoms with van der Waals surface area (Å²) in [4.78, 5) is 11.4. The number of likely N-dealkylation sites (N-methyl/N-ethyl adjacent to an activating group) is 1. The molecule has 1 N–H and O–H groups in total. The lowest BCUT2D eigenvalue weighted by Crippen LogP contribution is -2.40. The van der Waals surface area contributed by atoms with E-state index >= 15 is 0 Å². The molecule has 1 aliphatic carbocycles. The van der Waals surface area contributed by atoms with Gasteiger partial charge in [0.25, 0.3) is 0 Å². The molecular formula is C17H31IN4OS. The molecule has 2 rings (SSSR count). The highest BCUT2D eigenvalue weighted by Crippen LogP contribution is 2.28. The second-order valence-corrected chi connectivity index (χ2v) is 7.10. The van der Waals surface area contributed by atoms with Gasteiger partial charge in [0.05, 0.1) is 11.6 Å². The van der Waals surface area contributed by atoms with E-state index in [1.165, 1.54) is 17.8 Å². The first-order valence-electron chi connectivity index (χ1n) is 8.67. The summed E-state index contributed by atoms with van der Waals surface area (Å²) in [6, 6.07) is 0. The molecule has 1 saturated carbocycles. The molecule has 1 heterocycles. The highest BCUT2D eigenvalue weighted by molar-refractivity contribution is 14.0. The van der Waals surface area contributed by atoms with Crippen LogP contribution in [0.4, 0.5) is 0 Å². The molecule has 0 unspecified atom stereocenters. The van der Waals surface area contributed by atoms with E-state index in [9.17, 15) is 0 Å². The van der Waals surface area contributed by atoms with E-state index in [0.717, 1.165) is 63.3 Å². The lowest BCUT2D eigenvalue weighted by atomic mass is 10.3. The van der Waals surface area contributed by atoms with Crippen molar-refractivity contribution >= 4 is 41.3 Å². The zero-order valence-electron chi connectivity index (χ0n) is 15.1. The van der Waals surface area contributed by atoms with Crippen LogP contribution in [0.1, 0.15) is 36.9 Å². The fraction of sp³-hybridized carbons (Fsp3) is 0.765. The SMILES string of the molecule is CCNC(=NCCCc1nc(C)cs1)N(C)CCOCC1CC1.I. The van der Waals surface area contributed by atoms with E-state index < -0.39 is 0 Å². The van der Waals surface area contributed by atoms with Crippen molar-refractivity contribution in [2.75, 3.05) is 39.9 Å². The van der Waals surface area contributed by atoms with Gasteiger partial charge < -0.3 is 15.0 Å². The van der Waals surface area contributed by atoms with E-state index in [1.54, 1.807) is 11.3 Å². The molecule has 1 fully saturated rings. The van der Waals surface area contributed by atoms with E-state index in [-0.39, 0.29) is 24.0 Å². The summed E-state index contributed by atoms with van der Waals surface area (Å²) in [5, 5.41) is 6.68. The predicted octanol–water partition coefficient (Wildman–Crippen LogP) is 3.33. The highest BCUT2D eigenvalue weighted by Gasteiger charge is 2.21. The number of nitrogens with one attached hydrogen (secondary N) is 1. The van der Waals surface area contributed by atoms with Crippen LogP contribution in [0.5, 0.6) is 0 Å². The van der Waals surface area contributed by atoms with Gasteiger partial charge in [0.15, 0.2) is 5.96 Å². The first-order valence-corrected chi connectivity index (χ1v) is 9.55. The summed E-state index contributed by atoms with van der Waals surface area (Å²) in [6.07, 6.45) is 4.74. The Kier molecular flexibility index (Phi) is 10.8. The molecule has 0 aromatic carbocycles. The standard InChI is InChI=1S/C17H30N4OS.HI/c1-4-18-17(21(3)10-11-22-12-15-7-8-15)19-9-5-6-16-20-14(2)13-23-16;/h13,15H,4-12H2,1-3H3,(H,18,19);1H. The minimum atomic E-state index is 0. The predicted molar refractivity (Wildman–Crippen MR) is 113 cm³/mol. The van der Waals surface area contributed by atoms with Gasteiger partial charge in [0, 0.05) is 50.8 Å². The van der Waals surface area contributed by atoms with Gasteiger partial charge in [-0.1, -0.05) is 0 Å². The van der Waals surface area contributed by atoms with Gasteiger partial charge in [-0.2, -0.15) is 0 Å². The minimum Gasteiger partial charge on any atom is -0.379 e. The first-order chi connectivity index (χ1) is 11.2. The third-order valence-electron chi connectivity index (χ3n) is 3.79. The fourth-order valence-electron chi connectivity index (χ4n) is 2.24. The number of guanidine groups is 1. The van der Waals surface area contributed by atoms with Crippen LogP contribution in [0.15, 0.2) is 10.4 Å². The Labute approximate surface area is 167 Å². The summed E-state index contributed by atoms with van der Waals surface area (Å²) in [7, 11) is 2.08.